The van der Waals surface area contributed by atoms with Crippen LogP contribution in [0.25, 0.3) is 0 Å². The molecule has 0 radical (unpaired) electrons. The molecule has 0 bridgehead atoms. The fourth-order valence-corrected chi connectivity index (χ4v) is 1.79. The molecule has 1 aliphatic rings. The molecule has 72 valence electrons. The quantitative estimate of drug-likeness (QED) is 0.714. The van der Waals surface area contributed by atoms with E-state index >= 15 is 0 Å². The van der Waals surface area contributed by atoms with Gasteiger partial charge in [-0.2, -0.15) is 0 Å². The molecule has 0 aliphatic heterocycles. The predicted molar refractivity (Wildman–Crippen MR) is 58.1 cm³/mol. The third-order valence-electron chi connectivity index (χ3n) is 2.86. The molecule has 2 rings (SSSR count). The number of aliphatic hydroxyl groups is 1. The molecule has 2 unspecified atom stereocenters. The van der Waals surface area contributed by atoms with E-state index in [4.69, 9.17) is 0 Å². The zero-order valence-corrected chi connectivity index (χ0v) is 8.22. The summed E-state index contributed by atoms with van der Waals surface area (Å²) in [4.78, 5) is 0. The van der Waals surface area contributed by atoms with E-state index in [0.29, 0.717) is 0 Å². The first-order valence-corrected chi connectivity index (χ1v) is 4.83. The summed E-state index contributed by atoms with van der Waals surface area (Å²) in [6.07, 6.45) is 7.31. The standard InChI is InChI=1S/C13H14O/c1-13(10-6-5-9-12(13)14)11-7-3-2-4-8-11/h2-10,12,14H,1H3. The minimum Gasteiger partial charge on any atom is -0.388 e. The molecule has 0 saturated carbocycles. The van der Waals surface area contributed by atoms with E-state index in [2.05, 4.69) is 0 Å². The molecule has 1 nitrogen and oxygen atoms in total. The maximum atomic E-state index is 9.94. The van der Waals surface area contributed by atoms with Gasteiger partial charge in [0.15, 0.2) is 0 Å². The van der Waals surface area contributed by atoms with Gasteiger partial charge in [-0.05, 0) is 12.5 Å². The normalized spacial score (nSPS) is 30.6. The molecule has 0 heterocycles. The third kappa shape index (κ3) is 1.40. The molecule has 0 aromatic heterocycles. The highest BCUT2D eigenvalue weighted by atomic mass is 16.3. The molecule has 1 aromatic rings. The van der Waals surface area contributed by atoms with E-state index in [1.807, 2.05) is 61.6 Å². The van der Waals surface area contributed by atoms with Crippen LogP contribution in [0.2, 0.25) is 0 Å². The first-order valence-electron chi connectivity index (χ1n) is 4.83. The maximum Gasteiger partial charge on any atom is 0.0852 e. The van der Waals surface area contributed by atoms with E-state index in [-0.39, 0.29) is 5.41 Å². The maximum absolute atomic E-state index is 9.94. The van der Waals surface area contributed by atoms with Crippen molar-refractivity contribution in [2.45, 2.75) is 18.4 Å². The average Bonchev–Trinajstić information content (AvgIpc) is 2.24. The summed E-state index contributed by atoms with van der Waals surface area (Å²) in [5, 5.41) is 9.94. The van der Waals surface area contributed by atoms with Crippen molar-refractivity contribution in [1.82, 2.24) is 0 Å². The number of allylic oxidation sites excluding steroid dienone is 2. The van der Waals surface area contributed by atoms with Crippen molar-refractivity contribution < 1.29 is 5.11 Å². The summed E-state index contributed by atoms with van der Waals surface area (Å²) in [6.45, 7) is 2.05. The zero-order chi connectivity index (χ0) is 10.0. The van der Waals surface area contributed by atoms with Crippen molar-refractivity contribution in [3.05, 3.63) is 60.2 Å². The van der Waals surface area contributed by atoms with Gasteiger partial charge in [0.2, 0.25) is 0 Å². The fourth-order valence-electron chi connectivity index (χ4n) is 1.79. The minimum absolute atomic E-state index is 0.282. The Hall–Kier alpha value is -1.34. The molecular weight excluding hydrogens is 172 g/mol. The second kappa shape index (κ2) is 3.43. The van der Waals surface area contributed by atoms with Crippen molar-refractivity contribution >= 4 is 0 Å². The van der Waals surface area contributed by atoms with Crippen LogP contribution in [-0.2, 0) is 5.41 Å². The van der Waals surface area contributed by atoms with E-state index in [0.717, 1.165) is 5.56 Å². The first-order chi connectivity index (χ1) is 6.73. The van der Waals surface area contributed by atoms with Gasteiger partial charge < -0.3 is 5.11 Å². The molecule has 0 saturated heterocycles. The topological polar surface area (TPSA) is 20.2 Å². The molecule has 1 aromatic carbocycles. The Morgan fingerprint density at radius 1 is 1.14 bits per heavy atom. The third-order valence-corrected chi connectivity index (χ3v) is 2.86. The molecule has 0 spiro atoms. The molecule has 1 aliphatic carbocycles. The van der Waals surface area contributed by atoms with Gasteiger partial charge in [0.1, 0.15) is 0 Å². The van der Waals surface area contributed by atoms with Gasteiger partial charge in [-0.15, -0.1) is 0 Å². The van der Waals surface area contributed by atoms with Crippen LogP contribution < -0.4 is 0 Å². The average molecular weight is 186 g/mol. The second-order valence-corrected chi connectivity index (χ2v) is 3.84. The minimum atomic E-state index is -0.435. The molecular formula is C13H14O. The van der Waals surface area contributed by atoms with Gasteiger partial charge in [-0.1, -0.05) is 54.6 Å². The molecule has 1 N–H and O–H groups in total. The van der Waals surface area contributed by atoms with E-state index in [1.165, 1.54) is 0 Å². The Bertz CT molecular complexity index is 364. The Morgan fingerprint density at radius 3 is 2.50 bits per heavy atom. The Morgan fingerprint density at radius 2 is 1.86 bits per heavy atom. The van der Waals surface area contributed by atoms with Crippen molar-refractivity contribution in [3.63, 3.8) is 0 Å². The lowest BCUT2D eigenvalue weighted by Gasteiger charge is -2.32. The van der Waals surface area contributed by atoms with Gasteiger partial charge in [0.05, 0.1) is 6.10 Å². The number of hydrogen-bond donors (Lipinski definition) is 1. The van der Waals surface area contributed by atoms with Crippen LogP contribution in [-0.4, -0.2) is 11.2 Å². The summed E-state index contributed by atoms with van der Waals surface area (Å²) in [6, 6.07) is 10.1. The monoisotopic (exact) mass is 186 g/mol. The summed E-state index contributed by atoms with van der Waals surface area (Å²) in [7, 11) is 0. The van der Waals surface area contributed by atoms with E-state index in [9.17, 15) is 5.11 Å². The van der Waals surface area contributed by atoms with Gasteiger partial charge in [0, 0.05) is 5.41 Å². The van der Waals surface area contributed by atoms with Crippen molar-refractivity contribution in [1.29, 1.82) is 0 Å². The van der Waals surface area contributed by atoms with Crippen molar-refractivity contribution in [2.24, 2.45) is 0 Å². The van der Waals surface area contributed by atoms with Gasteiger partial charge >= 0.3 is 0 Å². The smallest absolute Gasteiger partial charge is 0.0852 e. The summed E-state index contributed by atoms with van der Waals surface area (Å²) in [5.41, 5.74) is 0.865. The van der Waals surface area contributed by atoms with Crippen LogP contribution >= 0.6 is 0 Å². The van der Waals surface area contributed by atoms with Crippen molar-refractivity contribution in [2.75, 3.05) is 0 Å². The van der Waals surface area contributed by atoms with Crippen LogP contribution in [0, 0.1) is 0 Å². The van der Waals surface area contributed by atoms with Gasteiger partial charge in [-0.25, -0.2) is 0 Å². The summed E-state index contributed by atoms with van der Waals surface area (Å²) in [5.74, 6) is 0. The van der Waals surface area contributed by atoms with Crippen LogP contribution in [0.1, 0.15) is 12.5 Å². The number of aliphatic hydroxyl groups excluding tert-OH is 1. The largest absolute Gasteiger partial charge is 0.388 e. The van der Waals surface area contributed by atoms with Gasteiger partial charge in [-0.3, -0.25) is 0 Å². The predicted octanol–water partition coefficient (Wildman–Crippen LogP) is 2.43. The number of benzene rings is 1. The van der Waals surface area contributed by atoms with E-state index in [1.54, 1.807) is 0 Å². The Balaban J connectivity index is 2.42. The highest BCUT2D eigenvalue weighted by Gasteiger charge is 2.31. The Labute approximate surface area is 84.4 Å². The molecule has 0 amide bonds. The van der Waals surface area contributed by atoms with Crippen LogP contribution in [0.15, 0.2) is 54.6 Å². The van der Waals surface area contributed by atoms with E-state index < -0.39 is 6.10 Å². The highest BCUT2D eigenvalue weighted by Crippen LogP contribution is 2.31. The van der Waals surface area contributed by atoms with Crippen LogP contribution in [0.4, 0.5) is 0 Å². The SMILES string of the molecule is CC1(c2ccccc2)C=CC=CC1O. The molecule has 1 heteroatoms. The molecule has 2 atom stereocenters. The molecule has 0 fully saturated rings. The molecule has 14 heavy (non-hydrogen) atoms. The van der Waals surface area contributed by atoms with Crippen LogP contribution in [0.3, 0.4) is 0 Å². The lowest BCUT2D eigenvalue weighted by Crippen LogP contribution is -2.34. The first kappa shape index (κ1) is 9.22. The fraction of sp³-hybridized carbons (Fsp3) is 0.231. The number of rotatable bonds is 1. The van der Waals surface area contributed by atoms with Gasteiger partial charge in [0.25, 0.3) is 0 Å². The van der Waals surface area contributed by atoms with Crippen molar-refractivity contribution in [3.8, 4) is 0 Å². The lowest BCUT2D eigenvalue weighted by atomic mass is 9.75. The zero-order valence-electron chi connectivity index (χ0n) is 8.22. The second-order valence-electron chi connectivity index (χ2n) is 3.84. The van der Waals surface area contributed by atoms with Crippen LogP contribution in [0.5, 0.6) is 0 Å². The summed E-state index contributed by atoms with van der Waals surface area (Å²) < 4.78 is 0. The highest BCUT2D eigenvalue weighted by molar-refractivity contribution is 5.37. The lowest BCUT2D eigenvalue weighted by molar-refractivity contribution is 0.159. The number of hydrogen-bond acceptors (Lipinski definition) is 1. The Kier molecular flexibility index (Phi) is 2.26. The summed E-state index contributed by atoms with van der Waals surface area (Å²) >= 11 is 0.